The van der Waals surface area contributed by atoms with E-state index in [4.69, 9.17) is 16.7 Å². The van der Waals surface area contributed by atoms with E-state index in [0.717, 1.165) is 11.1 Å². The number of rotatable bonds is 1. The standard InChI is InChI=1S/C7H8ClNO/c1-5-6(4-10)2-9-3-7(5)8/h2-3,10H,4H2,1H3. The topological polar surface area (TPSA) is 33.1 Å². The highest BCUT2D eigenvalue weighted by Crippen LogP contribution is 2.16. The predicted molar refractivity (Wildman–Crippen MR) is 39.9 cm³/mol. The molecule has 1 aromatic heterocycles. The lowest BCUT2D eigenvalue weighted by Gasteiger charge is -2.01. The van der Waals surface area contributed by atoms with E-state index in [2.05, 4.69) is 4.98 Å². The fourth-order valence-corrected chi connectivity index (χ4v) is 0.877. The number of hydrogen-bond donors (Lipinski definition) is 1. The zero-order valence-electron chi connectivity index (χ0n) is 5.63. The lowest BCUT2D eigenvalue weighted by Crippen LogP contribution is -1.90. The maximum Gasteiger partial charge on any atom is 0.0700 e. The molecule has 0 saturated carbocycles. The molecule has 0 saturated heterocycles. The number of nitrogens with zero attached hydrogens (tertiary/aromatic N) is 1. The molecule has 0 fully saturated rings. The highest BCUT2D eigenvalue weighted by atomic mass is 35.5. The molecule has 0 aliphatic carbocycles. The van der Waals surface area contributed by atoms with Gasteiger partial charge in [0.15, 0.2) is 0 Å². The third kappa shape index (κ3) is 1.28. The molecule has 0 aromatic carbocycles. The molecule has 0 amide bonds. The van der Waals surface area contributed by atoms with Gasteiger partial charge in [-0.1, -0.05) is 11.6 Å². The molecule has 1 N–H and O–H groups in total. The van der Waals surface area contributed by atoms with E-state index in [9.17, 15) is 0 Å². The number of halogens is 1. The van der Waals surface area contributed by atoms with Crippen LogP contribution < -0.4 is 0 Å². The van der Waals surface area contributed by atoms with Crippen LogP contribution in [0.15, 0.2) is 12.4 Å². The van der Waals surface area contributed by atoms with Gasteiger partial charge in [0.1, 0.15) is 0 Å². The molecule has 1 aromatic rings. The number of pyridine rings is 1. The average molecular weight is 158 g/mol. The second-order valence-corrected chi connectivity index (χ2v) is 2.47. The molecule has 1 heterocycles. The van der Waals surface area contributed by atoms with Crippen molar-refractivity contribution in [1.29, 1.82) is 0 Å². The zero-order valence-corrected chi connectivity index (χ0v) is 6.39. The molecule has 0 atom stereocenters. The van der Waals surface area contributed by atoms with Gasteiger partial charge < -0.3 is 5.11 Å². The third-order valence-corrected chi connectivity index (χ3v) is 1.81. The largest absolute Gasteiger partial charge is 0.392 e. The molecule has 54 valence electrons. The van der Waals surface area contributed by atoms with Gasteiger partial charge in [-0.15, -0.1) is 0 Å². The van der Waals surface area contributed by atoms with Crippen molar-refractivity contribution in [1.82, 2.24) is 4.98 Å². The number of aliphatic hydroxyl groups is 1. The molecule has 0 aliphatic heterocycles. The summed E-state index contributed by atoms with van der Waals surface area (Å²) in [4.78, 5) is 3.82. The van der Waals surface area contributed by atoms with Crippen LogP contribution in [0.3, 0.4) is 0 Å². The van der Waals surface area contributed by atoms with Crippen molar-refractivity contribution in [2.75, 3.05) is 0 Å². The van der Waals surface area contributed by atoms with Crippen molar-refractivity contribution < 1.29 is 5.11 Å². The molecule has 3 heteroatoms. The maximum atomic E-state index is 8.74. The van der Waals surface area contributed by atoms with E-state index in [1.165, 1.54) is 0 Å². The molecule has 0 bridgehead atoms. The van der Waals surface area contributed by atoms with Gasteiger partial charge in [0.25, 0.3) is 0 Å². The van der Waals surface area contributed by atoms with E-state index in [1.807, 2.05) is 6.92 Å². The van der Waals surface area contributed by atoms with Crippen LogP contribution in [-0.2, 0) is 6.61 Å². The Balaban J connectivity index is 3.14. The van der Waals surface area contributed by atoms with Gasteiger partial charge in [-0.3, -0.25) is 4.98 Å². The maximum absolute atomic E-state index is 8.74. The first-order valence-electron chi connectivity index (χ1n) is 2.95. The summed E-state index contributed by atoms with van der Waals surface area (Å²) < 4.78 is 0. The Hall–Kier alpha value is -0.600. The van der Waals surface area contributed by atoms with E-state index in [-0.39, 0.29) is 6.61 Å². The van der Waals surface area contributed by atoms with E-state index < -0.39 is 0 Å². The predicted octanol–water partition coefficient (Wildman–Crippen LogP) is 1.54. The Morgan fingerprint density at radius 1 is 1.60 bits per heavy atom. The minimum Gasteiger partial charge on any atom is -0.392 e. The summed E-state index contributed by atoms with van der Waals surface area (Å²) >= 11 is 5.72. The monoisotopic (exact) mass is 157 g/mol. The van der Waals surface area contributed by atoms with Gasteiger partial charge in [-0.2, -0.15) is 0 Å². The highest BCUT2D eigenvalue weighted by Gasteiger charge is 1.99. The Morgan fingerprint density at radius 2 is 2.30 bits per heavy atom. The van der Waals surface area contributed by atoms with Crippen LogP contribution in [0.5, 0.6) is 0 Å². The van der Waals surface area contributed by atoms with Crippen LogP contribution in [0.2, 0.25) is 5.02 Å². The zero-order chi connectivity index (χ0) is 7.56. The lowest BCUT2D eigenvalue weighted by molar-refractivity contribution is 0.280. The summed E-state index contributed by atoms with van der Waals surface area (Å²) in [6.07, 6.45) is 3.18. The SMILES string of the molecule is Cc1c(Cl)cncc1CO. The van der Waals surface area contributed by atoms with Crippen LogP contribution in [0.1, 0.15) is 11.1 Å². The number of aromatic nitrogens is 1. The highest BCUT2D eigenvalue weighted by molar-refractivity contribution is 6.31. The molecule has 10 heavy (non-hydrogen) atoms. The molecule has 1 rings (SSSR count). The van der Waals surface area contributed by atoms with Gasteiger partial charge >= 0.3 is 0 Å². The molecular weight excluding hydrogens is 150 g/mol. The van der Waals surface area contributed by atoms with Gasteiger partial charge in [0.2, 0.25) is 0 Å². The van der Waals surface area contributed by atoms with E-state index in [0.29, 0.717) is 5.02 Å². The second kappa shape index (κ2) is 2.99. The summed E-state index contributed by atoms with van der Waals surface area (Å²) in [5.41, 5.74) is 1.69. The van der Waals surface area contributed by atoms with Gasteiger partial charge in [0, 0.05) is 18.0 Å². The molecular formula is C7H8ClNO. The molecule has 0 radical (unpaired) electrons. The van der Waals surface area contributed by atoms with Crippen LogP contribution in [0, 0.1) is 6.92 Å². The Morgan fingerprint density at radius 3 is 2.80 bits per heavy atom. The Kier molecular flexibility index (Phi) is 2.25. The first kappa shape index (κ1) is 7.51. The fourth-order valence-electron chi connectivity index (χ4n) is 0.699. The lowest BCUT2D eigenvalue weighted by atomic mass is 10.2. The Bertz CT molecular complexity index is 237. The normalized spacial score (nSPS) is 9.90. The van der Waals surface area contributed by atoms with Crippen molar-refractivity contribution in [3.63, 3.8) is 0 Å². The first-order chi connectivity index (χ1) is 4.75. The molecule has 0 unspecified atom stereocenters. The first-order valence-corrected chi connectivity index (χ1v) is 3.33. The third-order valence-electron chi connectivity index (χ3n) is 1.43. The smallest absolute Gasteiger partial charge is 0.0700 e. The van der Waals surface area contributed by atoms with Gasteiger partial charge in [0.05, 0.1) is 11.6 Å². The van der Waals surface area contributed by atoms with Crippen molar-refractivity contribution in [2.45, 2.75) is 13.5 Å². The van der Waals surface area contributed by atoms with Crippen molar-refractivity contribution in [2.24, 2.45) is 0 Å². The van der Waals surface area contributed by atoms with Crippen molar-refractivity contribution >= 4 is 11.6 Å². The van der Waals surface area contributed by atoms with Crippen LogP contribution in [0.25, 0.3) is 0 Å². The Labute approximate surface area is 64.5 Å². The van der Waals surface area contributed by atoms with E-state index >= 15 is 0 Å². The summed E-state index contributed by atoms with van der Waals surface area (Å²) in [6.45, 7) is 1.86. The van der Waals surface area contributed by atoms with Gasteiger partial charge in [-0.25, -0.2) is 0 Å². The molecule has 2 nitrogen and oxygen atoms in total. The summed E-state index contributed by atoms with van der Waals surface area (Å²) in [5, 5.41) is 9.35. The van der Waals surface area contributed by atoms with Crippen LogP contribution >= 0.6 is 11.6 Å². The average Bonchev–Trinajstić information content (AvgIpc) is 1.95. The van der Waals surface area contributed by atoms with E-state index in [1.54, 1.807) is 12.4 Å². The van der Waals surface area contributed by atoms with Crippen LogP contribution in [0.4, 0.5) is 0 Å². The van der Waals surface area contributed by atoms with Crippen LogP contribution in [-0.4, -0.2) is 10.1 Å². The minimum atomic E-state index is -0.000602. The number of aliphatic hydroxyl groups excluding tert-OH is 1. The molecule has 0 spiro atoms. The molecule has 0 aliphatic rings. The van der Waals surface area contributed by atoms with Gasteiger partial charge in [-0.05, 0) is 12.5 Å². The number of hydrogen-bond acceptors (Lipinski definition) is 2. The summed E-state index contributed by atoms with van der Waals surface area (Å²) in [7, 11) is 0. The summed E-state index contributed by atoms with van der Waals surface area (Å²) in [5.74, 6) is 0. The summed E-state index contributed by atoms with van der Waals surface area (Å²) in [6, 6.07) is 0. The second-order valence-electron chi connectivity index (χ2n) is 2.06. The minimum absolute atomic E-state index is 0.000602. The fraction of sp³-hybridized carbons (Fsp3) is 0.286. The van der Waals surface area contributed by atoms with Crippen molar-refractivity contribution in [3.05, 3.63) is 28.5 Å². The quantitative estimate of drug-likeness (QED) is 0.671. The van der Waals surface area contributed by atoms with Crippen molar-refractivity contribution in [3.8, 4) is 0 Å².